The van der Waals surface area contributed by atoms with E-state index in [1.54, 1.807) is 0 Å². The number of aliphatic hydroxyl groups excluding tert-OH is 3. The minimum Gasteiger partial charge on any atom is -0.396 e. The molecule has 4 rings (SSSR count). The van der Waals surface area contributed by atoms with Gasteiger partial charge in [-0.25, -0.2) is 0 Å². The van der Waals surface area contributed by atoms with Crippen LogP contribution in [0.5, 0.6) is 0 Å². The monoisotopic (exact) mass is 622 g/mol. The summed E-state index contributed by atoms with van der Waals surface area (Å²) in [4.78, 5) is 12.2. The molecule has 2 fully saturated rings. The molecule has 0 heterocycles. The average Bonchev–Trinajstić information content (AvgIpc) is 3.38. The van der Waals surface area contributed by atoms with E-state index >= 15 is 0 Å². The fourth-order valence-electron chi connectivity index (χ4n) is 9.30. The Morgan fingerprint density at radius 1 is 1.22 bits per heavy atom. The molecule has 0 amide bonds. The van der Waals surface area contributed by atoms with E-state index in [0.717, 1.165) is 48.9 Å². The number of likely N-dealkylation sites (N-methyl/N-ethyl adjacent to an activating group) is 1. The summed E-state index contributed by atoms with van der Waals surface area (Å²) in [5, 5.41) is 52.2. The number of carbonyl (C=O) groups excluding carboxylic acids is 1. The Bertz CT molecular complexity index is 1200. The van der Waals surface area contributed by atoms with Crippen LogP contribution in [0.2, 0.25) is 0 Å². The van der Waals surface area contributed by atoms with Gasteiger partial charge in [0.05, 0.1) is 18.3 Å². The van der Waals surface area contributed by atoms with Crippen molar-refractivity contribution in [2.75, 3.05) is 39.9 Å². The van der Waals surface area contributed by atoms with Crippen molar-refractivity contribution in [3.63, 3.8) is 0 Å². The van der Waals surface area contributed by atoms with Crippen LogP contribution in [0.4, 0.5) is 0 Å². The van der Waals surface area contributed by atoms with E-state index in [4.69, 9.17) is 0 Å². The second-order valence-corrected chi connectivity index (χ2v) is 14.0. The molecule has 0 aliphatic heterocycles. The summed E-state index contributed by atoms with van der Waals surface area (Å²) in [7, 11) is 1.86. The molecule has 45 heavy (non-hydrogen) atoms. The van der Waals surface area contributed by atoms with Gasteiger partial charge in [-0.3, -0.25) is 4.79 Å². The molecule has 6 N–H and O–H groups in total. The number of allylic oxidation sites excluding steroid dienone is 9. The summed E-state index contributed by atoms with van der Waals surface area (Å²) in [5.74, 6) is -0.326. The van der Waals surface area contributed by atoms with E-state index in [9.17, 15) is 25.2 Å². The summed E-state index contributed by atoms with van der Waals surface area (Å²) in [6.45, 7) is 10.6. The van der Waals surface area contributed by atoms with Gasteiger partial charge in [-0.2, -0.15) is 0 Å². The number of aldehydes is 1. The van der Waals surface area contributed by atoms with Gasteiger partial charge in [0, 0.05) is 30.4 Å². The molecule has 0 radical (unpaired) electrons. The van der Waals surface area contributed by atoms with Crippen LogP contribution < -0.4 is 10.6 Å². The van der Waals surface area contributed by atoms with E-state index in [1.807, 2.05) is 32.2 Å². The van der Waals surface area contributed by atoms with Crippen LogP contribution in [0.15, 0.2) is 70.9 Å². The second kappa shape index (κ2) is 16.1. The zero-order valence-corrected chi connectivity index (χ0v) is 27.8. The minimum atomic E-state index is -1.19. The molecule has 0 saturated heterocycles. The van der Waals surface area contributed by atoms with E-state index in [-0.39, 0.29) is 36.9 Å². The molecule has 0 aromatic carbocycles. The van der Waals surface area contributed by atoms with Gasteiger partial charge < -0.3 is 31.1 Å². The highest BCUT2D eigenvalue weighted by molar-refractivity contribution is 5.74. The summed E-state index contributed by atoms with van der Waals surface area (Å²) < 4.78 is 0. The maximum atomic E-state index is 12.6. The fraction of sp³-hybridized carbons (Fsp3) is 0.658. The number of hydrogen-bond donors (Lipinski definition) is 6. The zero-order valence-electron chi connectivity index (χ0n) is 27.8. The molecular formula is C38H58N2O5. The van der Waals surface area contributed by atoms with Crippen LogP contribution in [0, 0.1) is 35.0 Å². The molecule has 8 unspecified atom stereocenters. The summed E-state index contributed by atoms with van der Waals surface area (Å²) >= 11 is 0. The molecule has 7 nitrogen and oxygen atoms in total. The first-order chi connectivity index (χ1) is 21.7. The quantitative estimate of drug-likeness (QED) is 0.0685. The Morgan fingerprint density at radius 3 is 2.71 bits per heavy atom. The largest absolute Gasteiger partial charge is 0.396 e. The molecular weight excluding hydrogens is 564 g/mol. The SMILES string of the molecule is C=C(C=CC=C(CO)C1CCC2(C1O)C1C(=C(C)C=O)C(C=CC1CCO)CC2(O)CCNC)CC1C=C(CNCC)CCC1. The molecule has 4 aliphatic carbocycles. The van der Waals surface area contributed by atoms with Crippen molar-refractivity contribution >= 4 is 6.29 Å². The van der Waals surface area contributed by atoms with Crippen molar-refractivity contribution in [3.05, 3.63) is 70.9 Å². The van der Waals surface area contributed by atoms with Crippen molar-refractivity contribution in [3.8, 4) is 0 Å². The Kier molecular flexibility index (Phi) is 12.8. The van der Waals surface area contributed by atoms with Crippen molar-refractivity contribution in [1.82, 2.24) is 10.6 Å². The van der Waals surface area contributed by atoms with Gasteiger partial charge in [-0.15, -0.1) is 0 Å². The number of fused-ring (bicyclic) bond motifs is 3. The minimum absolute atomic E-state index is 0.0157. The van der Waals surface area contributed by atoms with Gasteiger partial charge >= 0.3 is 0 Å². The molecule has 2 bridgehead atoms. The second-order valence-electron chi connectivity index (χ2n) is 14.0. The highest BCUT2D eigenvalue weighted by atomic mass is 16.3. The Balaban J connectivity index is 1.62. The normalized spacial score (nSPS) is 36.1. The van der Waals surface area contributed by atoms with Crippen molar-refractivity contribution < 1.29 is 25.2 Å². The maximum Gasteiger partial charge on any atom is 0.145 e. The Morgan fingerprint density at radius 2 is 2.02 bits per heavy atom. The van der Waals surface area contributed by atoms with Crippen molar-refractivity contribution in [1.29, 1.82) is 0 Å². The summed E-state index contributed by atoms with van der Waals surface area (Å²) in [6.07, 6.45) is 19.5. The van der Waals surface area contributed by atoms with Gasteiger partial charge in [0.25, 0.3) is 0 Å². The van der Waals surface area contributed by atoms with Crippen molar-refractivity contribution in [2.24, 2.45) is 35.0 Å². The third-order valence-electron chi connectivity index (χ3n) is 11.4. The topological polar surface area (TPSA) is 122 Å². The number of carbonyl (C=O) groups is 1. The highest BCUT2D eigenvalue weighted by Crippen LogP contribution is 2.67. The van der Waals surface area contributed by atoms with Crippen LogP contribution in [-0.4, -0.2) is 78.3 Å². The van der Waals surface area contributed by atoms with Crippen LogP contribution in [0.25, 0.3) is 0 Å². The van der Waals surface area contributed by atoms with Crippen LogP contribution in [0.1, 0.15) is 71.6 Å². The van der Waals surface area contributed by atoms with Crippen LogP contribution >= 0.6 is 0 Å². The van der Waals surface area contributed by atoms with Gasteiger partial charge in [-0.1, -0.05) is 66.7 Å². The Labute approximate surface area is 271 Å². The van der Waals surface area contributed by atoms with Gasteiger partial charge in [0.2, 0.25) is 0 Å². The number of aliphatic hydroxyl groups is 4. The molecule has 0 aromatic heterocycles. The molecule has 0 aromatic rings. The Hall–Kier alpha value is -2.13. The maximum absolute atomic E-state index is 12.6. The third kappa shape index (κ3) is 7.39. The predicted molar refractivity (Wildman–Crippen MR) is 181 cm³/mol. The molecule has 8 atom stereocenters. The fourth-order valence-corrected chi connectivity index (χ4v) is 9.30. The molecule has 1 spiro atoms. The third-order valence-corrected chi connectivity index (χ3v) is 11.4. The van der Waals surface area contributed by atoms with E-state index in [2.05, 4.69) is 42.4 Å². The zero-order chi connectivity index (χ0) is 32.6. The summed E-state index contributed by atoms with van der Waals surface area (Å²) in [6, 6.07) is 0. The van der Waals surface area contributed by atoms with Crippen molar-refractivity contribution in [2.45, 2.75) is 83.3 Å². The van der Waals surface area contributed by atoms with Crippen LogP contribution in [0.3, 0.4) is 0 Å². The molecule has 250 valence electrons. The van der Waals surface area contributed by atoms with Gasteiger partial charge in [0.1, 0.15) is 6.29 Å². The van der Waals surface area contributed by atoms with E-state index < -0.39 is 17.1 Å². The number of hydrogen-bond acceptors (Lipinski definition) is 7. The van der Waals surface area contributed by atoms with Gasteiger partial charge in [-0.05, 0) is 114 Å². The van der Waals surface area contributed by atoms with Crippen LogP contribution in [-0.2, 0) is 4.79 Å². The first kappa shape index (κ1) is 35.7. The lowest BCUT2D eigenvalue weighted by Crippen LogP contribution is -2.65. The lowest BCUT2D eigenvalue weighted by atomic mass is 9.45. The first-order valence-electron chi connectivity index (χ1n) is 17.3. The lowest BCUT2D eigenvalue weighted by molar-refractivity contribution is -0.194. The van der Waals surface area contributed by atoms with Gasteiger partial charge in [0.15, 0.2) is 0 Å². The predicted octanol–water partition coefficient (Wildman–Crippen LogP) is 4.56. The number of nitrogens with one attached hydrogen (secondary N) is 2. The average molecular weight is 623 g/mol. The first-order valence-corrected chi connectivity index (χ1v) is 17.3. The molecule has 4 aliphatic rings. The highest BCUT2D eigenvalue weighted by Gasteiger charge is 2.68. The lowest BCUT2D eigenvalue weighted by Gasteiger charge is -2.61. The van der Waals surface area contributed by atoms with E-state index in [0.29, 0.717) is 50.1 Å². The molecule has 7 heteroatoms. The van der Waals surface area contributed by atoms with E-state index in [1.165, 1.54) is 18.4 Å². The molecule has 2 saturated carbocycles. The smallest absolute Gasteiger partial charge is 0.145 e. The summed E-state index contributed by atoms with van der Waals surface area (Å²) in [5.41, 5.74) is 2.81. The number of rotatable bonds is 15. The standard InChI is InChI=1S/C38H58N2O5/c1-5-40-23-29-10-7-9-28(21-29)20-26(2)8-6-11-32(25-43)33-14-16-38(36(33)44)35-30(15-19-41)12-13-31(34(35)27(3)24-42)22-37(38,45)17-18-39-4/h6,8,11-13,21,24,28,30-31,33,35-36,39-41,43-45H,2,5,7,9-10,14-20,22-23,25H2,1,3-4H3.